The number of hydrogen-bond acceptors (Lipinski definition) is 5. The van der Waals surface area contributed by atoms with Gasteiger partial charge in [-0.05, 0) is 61.3 Å². The number of anilines is 1. The lowest BCUT2D eigenvalue weighted by molar-refractivity contribution is 0.0943. The van der Waals surface area contributed by atoms with Gasteiger partial charge in [-0.2, -0.15) is 0 Å². The van der Waals surface area contributed by atoms with Crippen LogP contribution in [0.4, 0.5) is 5.69 Å². The molecule has 2 aromatic carbocycles. The Morgan fingerprint density at radius 3 is 2.45 bits per heavy atom. The molecule has 2 aromatic heterocycles. The van der Waals surface area contributed by atoms with Gasteiger partial charge in [-0.3, -0.25) is 4.79 Å². The number of benzene rings is 2. The number of hydrogen-bond donors (Lipinski definition) is 2. The van der Waals surface area contributed by atoms with Gasteiger partial charge in [-0.15, -0.1) is 0 Å². The first-order valence-corrected chi connectivity index (χ1v) is 14.6. The Labute approximate surface area is 240 Å². The molecule has 208 valence electrons. The summed E-state index contributed by atoms with van der Waals surface area (Å²) in [5.74, 6) is -0.110. The number of aromatic nitrogens is 2. The fourth-order valence-corrected chi connectivity index (χ4v) is 6.48. The summed E-state index contributed by atoms with van der Waals surface area (Å²) in [7, 11) is 4.20. The lowest BCUT2D eigenvalue weighted by Crippen LogP contribution is -2.47. The average Bonchev–Trinajstić information content (AvgIpc) is 3.54. The van der Waals surface area contributed by atoms with E-state index < -0.39 is 0 Å². The molecule has 40 heavy (non-hydrogen) atoms. The smallest absolute Gasteiger partial charge is 0.251 e. The first-order chi connectivity index (χ1) is 19.3. The van der Waals surface area contributed by atoms with E-state index in [1.54, 1.807) is 6.20 Å². The summed E-state index contributed by atoms with van der Waals surface area (Å²) >= 11 is 6.81. The molecule has 2 aliphatic rings. The van der Waals surface area contributed by atoms with Gasteiger partial charge in [0, 0.05) is 73.7 Å². The predicted molar refractivity (Wildman–Crippen MR) is 164 cm³/mol. The number of nitrogens with zero attached hydrogens (tertiary/aromatic N) is 4. The number of amides is 1. The van der Waals surface area contributed by atoms with E-state index in [0.717, 1.165) is 85.3 Å². The standard InChI is InChI=1S/C32H37ClN6O/c1-37-16-18-39(19-17-37)25-10-8-22(9-11-25)29-27(28-26(33)12-15-35-30(28)38(29)2)23-6-5-7-24(20-23)31(40)36-21-32(34)13-3-4-14-32/h5-12,15,20H,3-4,13-14,16-19,21,34H2,1-2H3,(H,36,40). The molecule has 2 fully saturated rings. The first kappa shape index (κ1) is 26.8. The Morgan fingerprint density at radius 2 is 1.73 bits per heavy atom. The van der Waals surface area contributed by atoms with Crippen LogP contribution in [-0.2, 0) is 7.05 Å². The zero-order valence-electron chi connectivity index (χ0n) is 23.3. The molecular formula is C32H37ClN6O. The van der Waals surface area contributed by atoms with Crippen LogP contribution in [-0.4, -0.2) is 65.7 Å². The van der Waals surface area contributed by atoms with E-state index in [4.69, 9.17) is 17.3 Å². The zero-order valence-corrected chi connectivity index (χ0v) is 24.0. The molecule has 0 bridgehead atoms. The molecule has 3 N–H and O–H groups in total. The van der Waals surface area contributed by atoms with E-state index >= 15 is 0 Å². The van der Waals surface area contributed by atoms with Gasteiger partial charge in [0.25, 0.3) is 5.91 Å². The third-order valence-corrected chi connectivity index (χ3v) is 8.96. The molecule has 0 unspecified atom stereocenters. The van der Waals surface area contributed by atoms with Crippen molar-refractivity contribution < 1.29 is 4.79 Å². The molecule has 4 aromatic rings. The van der Waals surface area contributed by atoms with Gasteiger partial charge in [0.1, 0.15) is 5.65 Å². The van der Waals surface area contributed by atoms with Gasteiger partial charge in [0.05, 0.1) is 10.7 Å². The van der Waals surface area contributed by atoms with Gasteiger partial charge in [-0.25, -0.2) is 4.98 Å². The minimum atomic E-state index is -0.300. The number of nitrogens with one attached hydrogen (secondary N) is 1. The predicted octanol–water partition coefficient (Wildman–Crippen LogP) is 5.31. The molecule has 1 saturated heterocycles. The minimum Gasteiger partial charge on any atom is -0.369 e. The maximum Gasteiger partial charge on any atom is 0.251 e. The first-order valence-electron chi connectivity index (χ1n) is 14.2. The van der Waals surface area contributed by atoms with Gasteiger partial charge < -0.3 is 25.4 Å². The van der Waals surface area contributed by atoms with Crippen molar-refractivity contribution in [1.82, 2.24) is 19.8 Å². The van der Waals surface area contributed by atoms with Crippen LogP contribution < -0.4 is 16.0 Å². The molecule has 3 heterocycles. The molecule has 0 spiro atoms. The Balaban J connectivity index is 1.38. The number of carbonyl (C=O) groups excluding carboxylic acids is 1. The summed E-state index contributed by atoms with van der Waals surface area (Å²) < 4.78 is 2.10. The van der Waals surface area contributed by atoms with Crippen LogP contribution >= 0.6 is 11.6 Å². The molecule has 7 nitrogen and oxygen atoms in total. The van der Waals surface area contributed by atoms with E-state index in [2.05, 4.69) is 56.0 Å². The van der Waals surface area contributed by atoms with Crippen LogP contribution in [0.1, 0.15) is 36.0 Å². The topological polar surface area (TPSA) is 79.4 Å². The van der Waals surface area contributed by atoms with Crippen LogP contribution in [0.5, 0.6) is 0 Å². The van der Waals surface area contributed by atoms with E-state index in [9.17, 15) is 4.79 Å². The van der Waals surface area contributed by atoms with Gasteiger partial charge in [-0.1, -0.05) is 48.7 Å². The van der Waals surface area contributed by atoms with Crippen molar-refractivity contribution in [3.8, 4) is 22.4 Å². The summed E-state index contributed by atoms with van der Waals surface area (Å²) in [6, 6.07) is 18.4. The number of pyridine rings is 1. The highest BCUT2D eigenvalue weighted by molar-refractivity contribution is 6.37. The van der Waals surface area contributed by atoms with Crippen molar-refractivity contribution in [2.75, 3.05) is 44.7 Å². The molecular weight excluding hydrogens is 520 g/mol. The number of likely N-dealkylation sites (N-methyl/N-ethyl adjacent to an activating group) is 1. The van der Waals surface area contributed by atoms with Crippen molar-refractivity contribution in [1.29, 1.82) is 0 Å². The number of rotatable bonds is 6. The van der Waals surface area contributed by atoms with Crippen LogP contribution in [0.15, 0.2) is 60.8 Å². The largest absolute Gasteiger partial charge is 0.369 e. The third kappa shape index (κ3) is 5.09. The quantitative estimate of drug-likeness (QED) is 0.336. The highest BCUT2D eigenvalue weighted by Crippen LogP contribution is 2.43. The molecule has 1 amide bonds. The van der Waals surface area contributed by atoms with Gasteiger partial charge in [0.15, 0.2) is 0 Å². The van der Waals surface area contributed by atoms with Crippen molar-refractivity contribution >= 4 is 34.2 Å². The number of piperazine rings is 1. The second-order valence-corrected chi connectivity index (χ2v) is 11.9. The van der Waals surface area contributed by atoms with E-state index in [1.165, 1.54) is 5.69 Å². The van der Waals surface area contributed by atoms with Crippen molar-refractivity contribution in [3.05, 3.63) is 71.4 Å². The summed E-state index contributed by atoms with van der Waals surface area (Å²) in [5.41, 5.74) is 12.8. The van der Waals surface area contributed by atoms with Gasteiger partial charge >= 0.3 is 0 Å². The van der Waals surface area contributed by atoms with Crippen molar-refractivity contribution in [2.24, 2.45) is 12.8 Å². The summed E-state index contributed by atoms with van der Waals surface area (Å²) in [5, 5.41) is 4.60. The maximum atomic E-state index is 13.2. The van der Waals surface area contributed by atoms with Crippen LogP contribution in [0.25, 0.3) is 33.4 Å². The normalized spacial score (nSPS) is 17.4. The number of fused-ring (bicyclic) bond motifs is 1. The van der Waals surface area contributed by atoms with Crippen molar-refractivity contribution in [3.63, 3.8) is 0 Å². The third-order valence-electron chi connectivity index (χ3n) is 8.64. The lowest BCUT2D eigenvalue weighted by Gasteiger charge is -2.34. The molecule has 0 radical (unpaired) electrons. The summed E-state index contributed by atoms with van der Waals surface area (Å²) in [4.78, 5) is 22.7. The maximum absolute atomic E-state index is 13.2. The highest BCUT2D eigenvalue weighted by Gasteiger charge is 2.30. The second-order valence-electron chi connectivity index (χ2n) is 11.4. The van der Waals surface area contributed by atoms with Crippen LogP contribution in [0.3, 0.4) is 0 Å². The monoisotopic (exact) mass is 556 g/mol. The fourth-order valence-electron chi connectivity index (χ4n) is 6.25. The summed E-state index contributed by atoms with van der Waals surface area (Å²) in [6.07, 6.45) is 5.88. The van der Waals surface area contributed by atoms with E-state index in [0.29, 0.717) is 17.1 Å². The Bertz CT molecular complexity index is 1530. The molecule has 6 rings (SSSR count). The number of aryl methyl sites for hydroxylation is 1. The minimum absolute atomic E-state index is 0.110. The number of carbonyl (C=O) groups is 1. The molecule has 8 heteroatoms. The fraction of sp³-hybridized carbons (Fsp3) is 0.375. The zero-order chi connectivity index (χ0) is 27.9. The number of halogens is 1. The van der Waals surface area contributed by atoms with Crippen LogP contribution in [0, 0.1) is 0 Å². The Hall–Kier alpha value is -3.39. The summed E-state index contributed by atoms with van der Waals surface area (Å²) in [6.45, 7) is 4.67. The van der Waals surface area contributed by atoms with E-state index in [-0.39, 0.29) is 11.4 Å². The average molecular weight is 557 g/mol. The molecule has 1 aliphatic carbocycles. The SMILES string of the molecule is CN1CCN(c2ccc(-c3c(-c4cccc(C(=O)NCC5(N)CCCC5)c4)c4c(Cl)ccnc4n3C)cc2)CC1. The Morgan fingerprint density at radius 1 is 1.00 bits per heavy atom. The van der Waals surface area contributed by atoms with Crippen LogP contribution in [0.2, 0.25) is 5.02 Å². The Kier molecular flexibility index (Phi) is 7.29. The molecule has 1 saturated carbocycles. The van der Waals surface area contributed by atoms with Crippen molar-refractivity contribution in [2.45, 2.75) is 31.2 Å². The molecule has 1 aliphatic heterocycles. The molecule has 0 atom stereocenters. The van der Waals surface area contributed by atoms with E-state index in [1.807, 2.05) is 37.4 Å². The lowest BCUT2D eigenvalue weighted by atomic mass is 9.96. The van der Waals surface area contributed by atoms with Gasteiger partial charge in [0.2, 0.25) is 0 Å². The number of nitrogens with two attached hydrogens (primary N) is 1. The highest BCUT2D eigenvalue weighted by atomic mass is 35.5. The second kappa shape index (κ2) is 10.9.